The van der Waals surface area contributed by atoms with Crippen LogP contribution in [0.5, 0.6) is 11.5 Å². The molecule has 3 rings (SSSR count). The number of hydrogen-bond acceptors (Lipinski definition) is 4. The lowest BCUT2D eigenvalue weighted by atomic mass is 10.1. The molecule has 6 nitrogen and oxygen atoms in total. The molecule has 1 fully saturated rings. The van der Waals surface area contributed by atoms with E-state index >= 15 is 0 Å². The zero-order valence-corrected chi connectivity index (χ0v) is 16.7. The van der Waals surface area contributed by atoms with Gasteiger partial charge >= 0.3 is 6.18 Å². The second-order valence-corrected chi connectivity index (χ2v) is 6.78. The van der Waals surface area contributed by atoms with Crippen molar-refractivity contribution < 1.29 is 32.2 Å². The van der Waals surface area contributed by atoms with Crippen LogP contribution in [0.3, 0.4) is 0 Å². The second-order valence-electron chi connectivity index (χ2n) is 6.78. The number of carbonyl (C=O) groups is 2. The van der Waals surface area contributed by atoms with E-state index < -0.39 is 23.7 Å². The molecule has 0 bridgehead atoms. The highest BCUT2D eigenvalue weighted by atomic mass is 19.4. The minimum Gasteiger partial charge on any atom is -0.497 e. The second kappa shape index (κ2) is 8.25. The number of piperazine rings is 1. The molecular formula is C21H21F3N2O4. The third-order valence-corrected chi connectivity index (χ3v) is 5.05. The highest BCUT2D eigenvalue weighted by Gasteiger charge is 2.37. The molecule has 9 heteroatoms. The average molecular weight is 422 g/mol. The molecule has 0 radical (unpaired) electrons. The van der Waals surface area contributed by atoms with Crippen LogP contribution in [0.1, 0.15) is 22.8 Å². The van der Waals surface area contributed by atoms with Crippen molar-refractivity contribution in [3.8, 4) is 11.5 Å². The number of methoxy groups -OCH3 is 2. The highest BCUT2D eigenvalue weighted by Crippen LogP contribution is 2.34. The Hall–Kier alpha value is -3.23. The molecule has 0 unspecified atom stereocenters. The van der Waals surface area contributed by atoms with E-state index in [0.29, 0.717) is 17.2 Å². The first-order valence-corrected chi connectivity index (χ1v) is 9.19. The predicted molar refractivity (Wildman–Crippen MR) is 104 cm³/mol. The van der Waals surface area contributed by atoms with Crippen LogP contribution in [0.25, 0.3) is 0 Å². The molecule has 0 N–H and O–H groups in total. The summed E-state index contributed by atoms with van der Waals surface area (Å²) >= 11 is 0. The smallest absolute Gasteiger partial charge is 0.416 e. The van der Waals surface area contributed by atoms with Gasteiger partial charge in [-0.1, -0.05) is 0 Å². The molecule has 0 saturated carbocycles. The van der Waals surface area contributed by atoms with Crippen molar-refractivity contribution in [1.82, 2.24) is 4.90 Å². The number of nitrogens with zero attached hydrogens (tertiary/aromatic N) is 2. The van der Waals surface area contributed by atoms with Gasteiger partial charge in [-0.25, -0.2) is 0 Å². The molecule has 1 heterocycles. The predicted octanol–water partition coefficient (Wildman–Crippen LogP) is 3.60. The van der Waals surface area contributed by atoms with Crippen molar-refractivity contribution in [2.75, 3.05) is 32.2 Å². The molecular weight excluding hydrogens is 401 g/mol. The van der Waals surface area contributed by atoms with Crippen LogP contribution >= 0.6 is 0 Å². The summed E-state index contributed by atoms with van der Waals surface area (Å²) in [6.45, 7) is 2.01. The summed E-state index contributed by atoms with van der Waals surface area (Å²) in [6, 6.07) is 8.24. The maximum absolute atomic E-state index is 13.0. The Labute approximate surface area is 171 Å². The summed E-state index contributed by atoms with van der Waals surface area (Å²) in [5.74, 6) is 0.211. The number of amides is 2. The number of halogens is 3. The molecule has 1 aliphatic rings. The van der Waals surface area contributed by atoms with Crippen LogP contribution in [0.2, 0.25) is 0 Å². The molecule has 160 valence electrons. The minimum absolute atomic E-state index is 0.0926. The van der Waals surface area contributed by atoms with Crippen LogP contribution in [0.15, 0.2) is 42.5 Å². The molecule has 2 amide bonds. The van der Waals surface area contributed by atoms with Crippen molar-refractivity contribution in [2.45, 2.75) is 19.1 Å². The zero-order valence-electron chi connectivity index (χ0n) is 16.7. The van der Waals surface area contributed by atoms with Gasteiger partial charge < -0.3 is 19.3 Å². The quantitative estimate of drug-likeness (QED) is 0.756. The van der Waals surface area contributed by atoms with Gasteiger partial charge in [-0.3, -0.25) is 9.59 Å². The third kappa shape index (κ3) is 4.05. The molecule has 1 atom stereocenters. The van der Waals surface area contributed by atoms with E-state index in [4.69, 9.17) is 9.47 Å². The van der Waals surface area contributed by atoms with Gasteiger partial charge in [0.05, 0.1) is 25.5 Å². The largest absolute Gasteiger partial charge is 0.497 e. The lowest BCUT2D eigenvalue weighted by molar-refractivity contribution is -0.137. The third-order valence-electron chi connectivity index (χ3n) is 5.05. The van der Waals surface area contributed by atoms with Gasteiger partial charge in [-0.15, -0.1) is 0 Å². The summed E-state index contributed by atoms with van der Waals surface area (Å²) in [7, 11) is 3.00. The number of benzene rings is 2. The van der Waals surface area contributed by atoms with Crippen LogP contribution in [0, 0.1) is 0 Å². The fourth-order valence-corrected chi connectivity index (χ4v) is 3.36. The number of ether oxygens (including phenoxy) is 2. The SMILES string of the molecule is COc1ccc(OC)c(N2CCN(C(=O)c3ccc(C(F)(F)F)cc3)[C@@H](C)C2=O)c1. The highest BCUT2D eigenvalue weighted by molar-refractivity contribution is 6.04. The maximum Gasteiger partial charge on any atom is 0.416 e. The van der Waals surface area contributed by atoms with E-state index in [1.807, 2.05) is 0 Å². The van der Waals surface area contributed by atoms with Gasteiger partial charge in [0, 0.05) is 24.7 Å². The lowest BCUT2D eigenvalue weighted by Gasteiger charge is -2.39. The van der Waals surface area contributed by atoms with Crippen molar-refractivity contribution in [3.05, 3.63) is 53.6 Å². The topological polar surface area (TPSA) is 59.1 Å². The fourth-order valence-electron chi connectivity index (χ4n) is 3.36. The Morgan fingerprint density at radius 2 is 1.70 bits per heavy atom. The van der Waals surface area contributed by atoms with E-state index in [-0.39, 0.29) is 24.6 Å². The molecule has 1 saturated heterocycles. The van der Waals surface area contributed by atoms with Gasteiger partial charge in [0.15, 0.2) is 0 Å². The molecule has 0 spiro atoms. The first-order chi connectivity index (χ1) is 14.2. The van der Waals surface area contributed by atoms with Gasteiger partial charge in [-0.2, -0.15) is 13.2 Å². The molecule has 30 heavy (non-hydrogen) atoms. The van der Waals surface area contributed by atoms with Crippen LogP contribution in [-0.2, 0) is 11.0 Å². The summed E-state index contributed by atoms with van der Waals surface area (Å²) in [5.41, 5.74) is -0.219. The fraction of sp³-hybridized carbons (Fsp3) is 0.333. The van der Waals surface area contributed by atoms with Crippen LogP contribution in [0.4, 0.5) is 18.9 Å². The Balaban J connectivity index is 1.81. The molecule has 2 aromatic carbocycles. The van der Waals surface area contributed by atoms with E-state index in [0.717, 1.165) is 24.3 Å². The van der Waals surface area contributed by atoms with Gasteiger partial charge in [0.25, 0.3) is 5.91 Å². The summed E-state index contributed by atoms with van der Waals surface area (Å²) in [6.07, 6.45) is -4.48. The summed E-state index contributed by atoms with van der Waals surface area (Å²) in [4.78, 5) is 28.7. The van der Waals surface area contributed by atoms with Crippen molar-refractivity contribution in [2.24, 2.45) is 0 Å². The first-order valence-electron chi connectivity index (χ1n) is 9.19. The van der Waals surface area contributed by atoms with E-state index in [1.165, 1.54) is 24.0 Å². The normalized spacial score (nSPS) is 17.1. The standard InChI is InChI=1S/C21H21F3N2O4/c1-13-19(27)26(17-12-16(29-2)8-9-18(17)30-3)11-10-25(13)20(28)14-4-6-15(7-5-14)21(22,23)24/h4-9,12-13H,10-11H2,1-3H3/t13-/m0/s1. The van der Waals surface area contributed by atoms with Gasteiger partial charge in [0.2, 0.25) is 5.91 Å². The minimum atomic E-state index is -4.48. The number of carbonyl (C=O) groups excluding carboxylic acids is 2. The summed E-state index contributed by atoms with van der Waals surface area (Å²) < 4.78 is 48.8. The molecule has 0 aliphatic carbocycles. The van der Waals surface area contributed by atoms with Gasteiger partial charge in [0.1, 0.15) is 17.5 Å². The molecule has 0 aromatic heterocycles. The van der Waals surface area contributed by atoms with Crippen LogP contribution < -0.4 is 14.4 Å². The Morgan fingerprint density at radius 1 is 1.03 bits per heavy atom. The Bertz CT molecular complexity index is 944. The van der Waals surface area contributed by atoms with Crippen molar-refractivity contribution in [1.29, 1.82) is 0 Å². The van der Waals surface area contributed by atoms with Crippen LogP contribution in [-0.4, -0.2) is 50.1 Å². The number of hydrogen-bond donors (Lipinski definition) is 0. The molecule has 2 aromatic rings. The van der Waals surface area contributed by atoms with E-state index in [1.54, 1.807) is 25.1 Å². The first kappa shape index (κ1) is 21.5. The Kier molecular flexibility index (Phi) is 5.91. The number of alkyl halides is 3. The Morgan fingerprint density at radius 3 is 2.27 bits per heavy atom. The molecule has 1 aliphatic heterocycles. The monoisotopic (exact) mass is 422 g/mol. The maximum atomic E-state index is 13.0. The number of anilines is 1. The van der Waals surface area contributed by atoms with E-state index in [2.05, 4.69) is 0 Å². The van der Waals surface area contributed by atoms with Crippen molar-refractivity contribution >= 4 is 17.5 Å². The lowest BCUT2D eigenvalue weighted by Crippen LogP contribution is -2.57. The zero-order chi connectivity index (χ0) is 22.1. The average Bonchev–Trinajstić information content (AvgIpc) is 2.74. The summed E-state index contributed by atoms with van der Waals surface area (Å²) in [5, 5.41) is 0. The van der Waals surface area contributed by atoms with Gasteiger partial charge in [-0.05, 0) is 43.3 Å². The van der Waals surface area contributed by atoms with E-state index in [9.17, 15) is 22.8 Å². The number of rotatable bonds is 4. The van der Waals surface area contributed by atoms with Crippen molar-refractivity contribution in [3.63, 3.8) is 0 Å².